The van der Waals surface area contributed by atoms with Gasteiger partial charge < -0.3 is 21.3 Å². The van der Waals surface area contributed by atoms with Gasteiger partial charge in [-0.05, 0) is 30.5 Å². The number of piperidine rings is 1. The number of fused-ring (bicyclic) bond motifs is 1. The summed E-state index contributed by atoms with van der Waals surface area (Å²) in [7, 11) is 0. The second kappa shape index (κ2) is 5.73. The highest BCUT2D eigenvalue weighted by atomic mass is 16.2. The molecule has 2 aliphatic heterocycles. The lowest BCUT2D eigenvalue weighted by Gasteiger charge is -2.35. The molecule has 2 heterocycles. The van der Waals surface area contributed by atoms with Crippen LogP contribution in [-0.4, -0.2) is 36.0 Å². The number of nitrogens with two attached hydrogens (primary N) is 1. The van der Waals surface area contributed by atoms with Gasteiger partial charge in [-0.3, -0.25) is 4.79 Å². The lowest BCUT2D eigenvalue weighted by atomic mass is 9.92. The molecule has 21 heavy (non-hydrogen) atoms. The summed E-state index contributed by atoms with van der Waals surface area (Å²) in [4.78, 5) is 26.0. The third-order valence-electron chi connectivity index (χ3n) is 4.28. The SMILES string of the molecule is NCc1cccc(NC(=O)N2CCCC3C(=O)NCC32)c1. The van der Waals surface area contributed by atoms with Crippen molar-refractivity contribution in [3.05, 3.63) is 29.8 Å². The number of hydrogen-bond acceptors (Lipinski definition) is 3. The minimum atomic E-state index is -0.143. The quantitative estimate of drug-likeness (QED) is 0.755. The van der Waals surface area contributed by atoms with Crippen LogP contribution in [0.4, 0.5) is 10.5 Å². The van der Waals surface area contributed by atoms with Crippen molar-refractivity contribution in [2.24, 2.45) is 11.7 Å². The molecule has 2 fully saturated rings. The van der Waals surface area contributed by atoms with E-state index in [4.69, 9.17) is 5.73 Å². The molecule has 2 unspecified atom stereocenters. The van der Waals surface area contributed by atoms with Crippen LogP contribution in [-0.2, 0) is 11.3 Å². The number of nitrogens with one attached hydrogen (secondary N) is 2. The number of rotatable bonds is 2. The Morgan fingerprint density at radius 3 is 3.14 bits per heavy atom. The second-order valence-corrected chi connectivity index (χ2v) is 5.59. The van der Waals surface area contributed by atoms with Crippen molar-refractivity contribution in [2.75, 3.05) is 18.4 Å². The molecule has 0 radical (unpaired) electrons. The standard InChI is InChI=1S/C15H20N4O2/c16-8-10-3-1-4-11(7-10)18-15(21)19-6-2-5-12-13(19)9-17-14(12)20/h1,3-4,7,12-13H,2,5-6,8-9,16H2,(H,17,20)(H,18,21). The van der Waals surface area contributed by atoms with Gasteiger partial charge in [0.05, 0.1) is 12.0 Å². The largest absolute Gasteiger partial charge is 0.354 e. The van der Waals surface area contributed by atoms with E-state index in [1.54, 1.807) is 4.90 Å². The van der Waals surface area contributed by atoms with Crippen molar-refractivity contribution in [2.45, 2.75) is 25.4 Å². The van der Waals surface area contributed by atoms with Crippen molar-refractivity contribution in [1.29, 1.82) is 0 Å². The summed E-state index contributed by atoms with van der Waals surface area (Å²) in [6, 6.07) is 7.34. The normalized spacial score (nSPS) is 24.4. The van der Waals surface area contributed by atoms with E-state index in [-0.39, 0.29) is 23.9 Å². The topological polar surface area (TPSA) is 87.5 Å². The van der Waals surface area contributed by atoms with E-state index in [9.17, 15) is 9.59 Å². The lowest BCUT2D eigenvalue weighted by Crippen LogP contribution is -2.50. The molecule has 0 bridgehead atoms. The maximum Gasteiger partial charge on any atom is 0.322 e. The summed E-state index contributed by atoms with van der Waals surface area (Å²) in [5.41, 5.74) is 7.32. The molecule has 0 spiro atoms. The van der Waals surface area contributed by atoms with Gasteiger partial charge in [0.1, 0.15) is 0 Å². The zero-order chi connectivity index (χ0) is 14.8. The highest BCUT2D eigenvalue weighted by Crippen LogP contribution is 2.27. The molecule has 0 aliphatic carbocycles. The summed E-state index contributed by atoms with van der Waals surface area (Å²) in [5.74, 6) is 0.0162. The summed E-state index contributed by atoms with van der Waals surface area (Å²) in [6.07, 6.45) is 1.73. The van der Waals surface area contributed by atoms with Crippen LogP contribution in [0.5, 0.6) is 0 Å². The van der Waals surface area contributed by atoms with Crippen LogP contribution in [0, 0.1) is 5.92 Å². The molecule has 4 N–H and O–H groups in total. The number of amides is 3. The number of likely N-dealkylation sites (tertiary alicyclic amines) is 1. The fourth-order valence-corrected chi connectivity index (χ4v) is 3.17. The number of benzene rings is 1. The minimum absolute atomic E-state index is 0.0241. The van der Waals surface area contributed by atoms with Gasteiger partial charge in [-0.25, -0.2) is 4.79 Å². The van der Waals surface area contributed by atoms with Crippen molar-refractivity contribution >= 4 is 17.6 Å². The van der Waals surface area contributed by atoms with Crippen LogP contribution in [0.1, 0.15) is 18.4 Å². The third kappa shape index (κ3) is 2.71. The van der Waals surface area contributed by atoms with Gasteiger partial charge >= 0.3 is 6.03 Å². The molecule has 3 amide bonds. The Labute approximate surface area is 123 Å². The first-order valence-electron chi connectivity index (χ1n) is 7.33. The van der Waals surface area contributed by atoms with Crippen molar-refractivity contribution in [3.8, 4) is 0 Å². The Morgan fingerprint density at radius 1 is 1.48 bits per heavy atom. The highest BCUT2D eigenvalue weighted by molar-refractivity contribution is 5.91. The number of hydrogen-bond donors (Lipinski definition) is 3. The van der Waals surface area contributed by atoms with Crippen LogP contribution in [0.3, 0.4) is 0 Å². The molecule has 2 saturated heterocycles. The first kappa shape index (κ1) is 13.9. The van der Waals surface area contributed by atoms with Gasteiger partial charge in [-0.2, -0.15) is 0 Å². The third-order valence-corrected chi connectivity index (χ3v) is 4.28. The highest BCUT2D eigenvalue weighted by Gasteiger charge is 2.42. The molecule has 0 aromatic heterocycles. The fraction of sp³-hybridized carbons (Fsp3) is 0.467. The summed E-state index contributed by atoms with van der Waals surface area (Å²) in [6.45, 7) is 1.69. The average Bonchev–Trinajstić information content (AvgIpc) is 2.89. The Morgan fingerprint density at radius 2 is 2.33 bits per heavy atom. The lowest BCUT2D eigenvalue weighted by molar-refractivity contribution is -0.123. The monoisotopic (exact) mass is 288 g/mol. The maximum atomic E-state index is 12.5. The zero-order valence-corrected chi connectivity index (χ0v) is 11.8. The molecular weight excluding hydrogens is 268 g/mol. The fourth-order valence-electron chi connectivity index (χ4n) is 3.17. The Kier molecular flexibility index (Phi) is 3.79. The van der Waals surface area contributed by atoms with E-state index in [1.165, 1.54) is 0 Å². The maximum absolute atomic E-state index is 12.5. The van der Waals surface area contributed by atoms with Crippen LogP contribution in [0.25, 0.3) is 0 Å². The first-order chi connectivity index (χ1) is 10.2. The summed E-state index contributed by atoms with van der Waals surface area (Å²) in [5, 5.41) is 5.76. The van der Waals surface area contributed by atoms with Crippen molar-refractivity contribution in [3.63, 3.8) is 0 Å². The summed E-state index contributed by atoms with van der Waals surface area (Å²) >= 11 is 0. The Bertz CT molecular complexity index is 560. The second-order valence-electron chi connectivity index (χ2n) is 5.59. The molecule has 1 aromatic rings. The molecule has 6 nitrogen and oxygen atoms in total. The molecule has 0 saturated carbocycles. The van der Waals surface area contributed by atoms with E-state index >= 15 is 0 Å². The van der Waals surface area contributed by atoms with Crippen LogP contribution >= 0.6 is 0 Å². The molecule has 6 heteroatoms. The van der Waals surface area contributed by atoms with Gasteiger partial charge in [0.2, 0.25) is 5.91 Å². The van der Waals surface area contributed by atoms with Crippen molar-refractivity contribution in [1.82, 2.24) is 10.2 Å². The van der Waals surface area contributed by atoms with E-state index < -0.39 is 0 Å². The first-order valence-corrected chi connectivity index (χ1v) is 7.33. The molecule has 112 valence electrons. The van der Waals surface area contributed by atoms with E-state index in [0.29, 0.717) is 19.6 Å². The Hall–Kier alpha value is -2.08. The number of nitrogens with zero attached hydrogens (tertiary/aromatic N) is 1. The predicted molar refractivity (Wildman–Crippen MR) is 79.6 cm³/mol. The molecule has 1 aromatic carbocycles. The smallest absolute Gasteiger partial charge is 0.322 e. The average molecular weight is 288 g/mol. The van der Waals surface area contributed by atoms with Crippen LogP contribution in [0.15, 0.2) is 24.3 Å². The van der Waals surface area contributed by atoms with Gasteiger partial charge in [0.25, 0.3) is 0 Å². The van der Waals surface area contributed by atoms with Gasteiger partial charge in [0.15, 0.2) is 0 Å². The van der Waals surface area contributed by atoms with Crippen molar-refractivity contribution < 1.29 is 9.59 Å². The van der Waals surface area contributed by atoms with Gasteiger partial charge in [-0.15, -0.1) is 0 Å². The van der Waals surface area contributed by atoms with Crippen LogP contribution < -0.4 is 16.4 Å². The van der Waals surface area contributed by atoms with Gasteiger partial charge in [0, 0.05) is 25.3 Å². The number of urea groups is 1. The number of carbonyl (C=O) groups is 2. The number of carbonyl (C=O) groups excluding carboxylic acids is 2. The molecule has 2 atom stereocenters. The molecular formula is C15H20N4O2. The molecule has 3 rings (SSSR count). The Balaban J connectivity index is 1.71. The van der Waals surface area contributed by atoms with Gasteiger partial charge in [-0.1, -0.05) is 12.1 Å². The minimum Gasteiger partial charge on any atom is -0.354 e. The van der Waals surface area contributed by atoms with E-state index in [0.717, 1.165) is 24.1 Å². The molecule has 2 aliphatic rings. The van der Waals surface area contributed by atoms with E-state index in [2.05, 4.69) is 10.6 Å². The zero-order valence-electron chi connectivity index (χ0n) is 11.8. The number of anilines is 1. The summed E-state index contributed by atoms with van der Waals surface area (Å²) < 4.78 is 0. The van der Waals surface area contributed by atoms with E-state index in [1.807, 2.05) is 24.3 Å². The predicted octanol–water partition coefficient (Wildman–Crippen LogP) is 0.888. The van der Waals surface area contributed by atoms with Crippen LogP contribution in [0.2, 0.25) is 0 Å².